The molecule has 32 heavy (non-hydrogen) atoms. The van der Waals surface area contributed by atoms with Crippen molar-refractivity contribution in [1.29, 1.82) is 5.26 Å². The maximum Gasteiger partial charge on any atom is 0.263 e. The molecule has 0 N–H and O–H groups in total. The molecule has 0 bridgehead atoms. The predicted molar refractivity (Wildman–Crippen MR) is 126 cm³/mol. The summed E-state index contributed by atoms with van der Waals surface area (Å²) >= 11 is 2.85. The highest BCUT2D eigenvalue weighted by Crippen LogP contribution is 2.34. The summed E-state index contributed by atoms with van der Waals surface area (Å²) in [4.78, 5) is 34.7. The van der Waals surface area contributed by atoms with Gasteiger partial charge in [0.05, 0.1) is 36.4 Å². The summed E-state index contributed by atoms with van der Waals surface area (Å²) in [5.41, 5.74) is 1.10. The van der Waals surface area contributed by atoms with Gasteiger partial charge < -0.3 is 9.32 Å². The van der Waals surface area contributed by atoms with Crippen molar-refractivity contribution in [3.63, 3.8) is 0 Å². The van der Waals surface area contributed by atoms with Crippen LogP contribution in [0.5, 0.6) is 0 Å². The molecule has 7 nitrogen and oxygen atoms in total. The molecule has 0 aromatic carbocycles. The second-order valence-corrected chi connectivity index (χ2v) is 9.61. The van der Waals surface area contributed by atoms with Crippen molar-refractivity contribution in [2.75, 3.05) is 12.3 Å². The number of fused-ring (bicyclic) bond motifs is 3. The van der Waals surface area contributed by atoms with Gasteiger partial charge in [-0.05, 0) is 43.4 Å². The zero-order chi connectivity index (χ0) is 22.5. The number of furan rings is 1. The standard InChI is InChI=1S/C23H24N4O3S2/c1-2-11-27-22(29)20-17-8-3-4-9-18(17)32-21(20)25-23(27)31-15-19(28)26(12-6-10-24)14-16-7-5-13-30-16/h2,5,7,13H,1,3-4,6,8-9,11-12,14-15H2. The maximum absolute atomic E-state index is 13.3. The van der Waals surface area contributed by atoms with Crippen LogP contribution in [0.3, 0.4) is 0 Å². The normalized spacial score (nSPS) is 13.0. The highest BCUT2D eigenvalue weighted by Gasteiger charge is 2.23. The van der Waals surface area contributed by atoms with Gasteiger partial charge in [-0.3, -0.25) is 14.2 Å². The zero-order valence-electron chi connectivity index (χ0n) is 17.7. The highest BCUT2D eigenvalue weighted by molar-refractivity contribution is 7.99. The number of amides is 1. The van der Waals surface area contributed by atoms with Gasteiger partial charge in [0.1, 0.15) is 10.6 Å². The van der Waals surface area contributed by atoms with E-state index in [1.165, 1.54) is 16.6 Å². The van der Waals surface area contributed by atoms with Crippen LogP contribution < -0.4 is 5.56 Å². The van der Waals surface area contributed by atoms with Crippen molar-refractivity contribution >= 4 is 39.2 Å². The number of hydrogen-bond donors (Lipinski definition) is 0. The lowest BCUT2D eigenvalue weighted by atomic mass is 9.97. The molecule has 3 aromatic heterocycles. The fourth-order valence-corrected chi connectivity index (χ4v) is 6.12. The van der Waals surface area contributed by atoms with Gasteiger partial charge in [-0.1, -0.05) is 17.8 Å². The molecule has 0 radical (unpaired) electrons. The molecule has 3 heterocycles. The lowest BCUT2D eigenvalue weighted by Crippen LogP contribution is -2.33. The lowest BCUT2D eigenvalue weighted by Gasteiger charge is -2.20. The van der Waals surface area contributed by atoms with Crippen molar-refractivity contribution in [1.82, 2.24) is 14.5 Å². The molecule has 0 saturated heterocycles. The fourth-order valence-electron chi connectivity index (χ4n) is 3.91. The summed E-state index contributed by atoms with van der Waals surface area (Å²) in [6.07, 6.45) is 7.64. The second-order valence-electron chi connectivity index (χ2n) is 7.58. The number of hydrogen-bond acceptors (Lipinski definition) is 7. The Morgan fingerprint density at radius 3 is 3.03 bits per heavy atom. The Morgan fingerprint density at radius 2 is 2.28 bits per heavy atom. The Bertz CT molecular complexity index is 1220. The third kappa shape index (κ3) is 4.66. The van der Waals surface area contributed by atoms with Gasteiger partial charge in [0.2, 0.25) is 5.91 Å². The fraction of sp³-hybridized carbons (Fsp3) is 0.391. The van der Waals surface area contributed by atoms with Crippen LogP contribution in [0.15, 0.2) is 45.4 Å². The molecular weight excluding hydrogens is 444 g/mol. The van der Waals surface area contributed by atoms with Gasteiger partial charge in [-0.15, -0.1) is 17.9 Å². The van der Waals surface area contributed by atoms with Gasteiger partial charge in [0.25, 0.3) is 5.56 Å². The van der Waals surface area contributed by atoms with E-state index >= 15 is 0 Å². The molecule has 0 spiro atoms. The molecule has 4 rings (SSSR count). The number of aryl methyl sites for hydroxylation is 2. The van der Waals surface area contributed by atoms with Crippen molar-refractivity contribution in [2.45, 2.75) is 50.4 Å². The number of nitriles is 1. The van der Waals surface area contributed by atoms with Crippen molar-refractivity contribution in [2.24, 2.45) is 0 Å². The average Bonchev–Trinajstić information content (AvgIpc) is 3.44. The summed E-state index contributed by atoms with van der Waals surface area (Å²) in [5.74, 6) is 0.645. The first-order chi connectivity index (χ1) is 15.6. The quantitative estimate of drug-likeness (QED) is 0.266. The average molecular weight is 469 g/mol. The van der Waals surface area contributed by atoms with Crippen molar-refractivity contribution in [3.05, 3.63) is 57.6 Å². The summed E-state index contributed by atoms with van der Waals surface area (Å²) in [6.45, 7) is 4.75. The van der Waals surface area contributed by atoms with Gasteiger partial charge in [0, 0.05) is 18.0 Å². The molecule has 1 aliphatic carbocycles. The van der Waals surface area contributed by atoms with E-state index in [4.69, 9.17) is 14.7 Å². The molecule has 0 saturated carbocycles. The van der Waals surface area contributed by atoms with E-state index in [9.17, 15) is 9.59 Å². The number of rotatable bonds is 9. The van der Waals surface area contributed by atoms with E-state index in [-0.39, 0.29) is 23.6 Å². The van der Waals surface area contributed by atoms with Gasteiger partial charge >= 0.3 is 0 Å². The molecule has 9 heteroatoms. The summed E-state index contributed by atoms with van der Waals surface area (Å²) < 4.78 is 6.97. The number of allylic oxidation sites excluding steroid dienone is 1. The van der Waals surface area contributed by atoms with E-state index in [2.05, 4.69) is 12.6 Å². The van der Waals surface area contributed by atoms with Crippen LogP contribution in [0.25, 0.3) is 10.2 Å². The van der Waals surface area contributed by atoms with E-state index in [1.807, 2.05) is 0 Å². The van der Waals surface area contributed by atoms with Crippen LogP contribution >= 0.6 is 23.1 Å². The van der Waals surface area contributed by atoms with E-state index in [0.717, 1.165) is 41.5 Å². The molecule has 166 valence electrons. The van der Waals surface area contributed by atoms with Crippen LogP contribution in [-0.4, -0.2) is 32.7 Å². The van der Waals surface area contributed by atoms with Crippen LogP contribution in [0.1, 0.15) is 35.5 Å². The first-order valence-electron chi connectivity index (χ1n) is 10.6. The number of aromatic nitrogens is 2. The van der Waals surface area contributed by atoms with Gasteiger partial charge in [0.15, 0.2) is 5.16 Å². The largest absolute Gasteiger partial charge is 0.467 e. The van der Waals surface area contributed by atoms with E-state index in [1.54, 1.807) is 45.3 Å². The summed E-state index contributed by atoms with van der Waals surface area (Å²) in [7, 11) is 0. The number of carbonyl (C=O) groups is 1. The van der Waals surface area contributed by atoms with E-state index in [0.29, 0.717) is 30.6 Å². The third-order valence-electron chi connectivity index (χ3n) is 5.45. The SMILES string of the molecule is C=CCn1c(SCC(=O)N(CCC#N)Cc2ccco2)nc2sc3c(c2c1=O)CCCC3. The van der Waals surface area contributed by atoms with Crippen LogP contribution in [-0.2, 0) is 30.7 Å². The van der Waals surface area contributed by atoms with Crippen LogP contribution in [0.4, 0.5) is 0 Å². The molecule has 0 unspecified atom stereocenters. The van der Waals surface area contributed by atoms with Gasteiger partial charge in [-0.2, -0.15) is 5.26 Å². The Kier molecular flexibility index (Phi) is 7.12. The first-order valence-corrected chi connectivity index (χ1v) is 12.4. The Morgan fingerprint density at radius 1 is 1.44 bits per heavy atom. The van der Waals surface area contributed by atoms with Crippen LogP contribution in [0, 0.1) is 11.3 Å². The smallest absolute Gasteiger partial charge is 0.263 e. The minimum Gasteiger partial charge on any atom is -0.467 e. The monoisotopic (exact) mass is 468 g/mol. The Balaban J connectivity index is 1.59. The molecule has 0 fully saturated rings. The number of carbonyl (C=O) groups excluding carboxylic acids is 1. The number of thiophene rings is 1. The van der Waals surface area contributed by atoms with Gasteiger partial charge in [-0.25, -0.2) is 4.98 Å². The molecule has 3 aromatic rings. The second kappa shape index (κ2) is 10.2. The Labute approximate surface area is 194 Å². The highest BCUT2D eigenvalue weighted by atomic mass is 32.2. The summed E-state index contributed by atoms with van der Waals surface area (Å²) in [6, 6.07) is 5.65. The zero-order valence-corrected chi connectivity index (χ0v) is 19.3. The minimum absolute atomic E-state index is 0.0545. The first kappa shape index (κ1) is 22.4. The molecular formula is C23H24N4O3S2. The maximum atomic E-state index is 13.3. The predicted octanol–water partition coefficient (Wildman–Crippen LogP) is 4.15. The Hall–Kier alpha value is -2.83. The molecule has 1 aliphatic rings. The van der Waals surface area contributed by atoms with E-state index < -0.39 is 0 Å². The molecule has 0 atom stereocenters. The number of nitrogens with zero attached hydrogens (tertiary/aromatic N) is 4. The lowest BCUT2D eigenvalue weighted by molar-refractivity contribution is -0.129. The topological polar surface area (TPSA) is 92.1 Å². The molecule has 1 amide bonds. The number of thioether (sulfide) groups is 1. The third-order valence-corrected chi connectivity index (χ3v) is 7.60. The molecule has 0 aliphatic heterocycles. The van der Waals surface area contributed by atoms with Crippen LogP contribution in [0.2, 0.25) is 0 Å². The van der Waals surface area contributed by atoms with Crippen molar-refractivity contribution in [3.8, 4) is 6.07 Å². The summed E-state index contributed by atoms with van der Waals surface area (Å²) in [5, 5.41) is 10.2. The van der Waals surface area contributed by atoms with Crippen molar-refractivity contribution < 1.29 is 9.21 Å². The minimum atomic E-state index is -0.133.